The zero-order chi connectivity index (χ0) is 18.1. The predicted molar refractivity (Wildman–Crippen MR) is 97.9 cm³/mol. The Morgan fingerprint density at radius 1 is 1.15 bits per heavy atom. The van der Waals surface area contributed by atoms with Crippen molar-refractivity contribution in [3.8, 4) is 5.75 Å². The van der Waals surface area contributed by atoms with Gasteiger partial charge in [0.25, 0.3) is 0 Å². The minimum atomic E-state index is -0.0268. The van der Waals surface area contributed by atoms with E-state index >= 15 is 0 Å². The number of carbonyl (C=O) groups is 2. The van der Waals surface area contributed by atoms with Gasteiger partial charge in [-0.25, -0.2) is 0 Å². The lowest BCUT2D eigenvalue weighted by Crippen LogP contribution is -2.55. The van der Waals surface area contributed by atoms with Gasteiger partial charge in [-0.05, 0) is 35.2 Å². The number of benzene rings is 2. The molecule has 1 unspecified atom stereocenters. The van der Waals surface area contributed by atoms with Crippen LogP contribution in [0, 0.1) is 0 Å². The van der Waals surface area contributed by atoms with Crippen molar-refractivity contribution in [3.63, 3.8) is 0 Å². The number of piperazine rings is 1. The van der Waals surface area contributed by atoms with E-state index in [9.17, 15) is 9.59 Å². The van der Waals surface area contributed by atoms with Crippen LogP contribution in [0.3, 0.4) is 0 Å². The first kappa shape index (κ1) is 16.6. The van der Waals surface area contributed by atoms with Crippen molar-refractivity contribution in [2.75, 3.05) is 26.7 Å². The molecule has 5 nitrogen and oxygen atoms in total. The van der Waals surface area contributed by atoms with Crippen molar-refractivity contribution in [1.29, 1.82) is 0 Å². The summed E-state index contributed by atoms with van der Waals surface area (Å²) in [4.78, 5) is 29.0. The molecule has 0 bridgehead atoms. The Morgan fingerprint density at radius 3 is 2.69 bits per heavy atom. The molecule has 2 aromatic rings. The van der Waals surface area contributed by atoms with Crippen LogP contribution < -0.4 is 4.74 Å². The van der Waals surface area contributed by atoms with Crippen molar-refractivity contribution in [2.45, 2.75) is 18.9 Å². The molecule has 2 aromatic carbocycles. The zero-order valence-corrected chi connectivity index (χ0v) is 14.9. The summed E-state index contributed by atoms with van der Waals surface area (Å²) in [6, 6.07) is 15.7. The van der Waals surface area contributed by atoms with Crippen LogP contribution in [0.4, 0.5) is 0 Å². The molecular weight excluding hydrogens is 328 g/mol. The van der Waals surface area contributed by atoms with E-state index in [4.69, 9.17) is 4.74 Å². The Morgan fingerprint density at radius 2 is 1.92 bits per heavy atom. The molecule has 0 saturated carbocycles. The van der Waals surface area contributed by atoms with Crippen LogP contribution in [0.2, 0.25) is 0 Å². The van der Waals surface area contributed by atoms with E-state index in [1.807, 2.05) is 41.3 Å². The molecule has 1 saturated heterocycles. The second-order valence-corrected chi connectivity index (χ2v) is 6.85. The normalized spacial score (nSPS) is 19.0. The molecule has 26 heavy (non-hydrogen) atoms. The fourth-order valence-corrected chi connectivity index (χ4v) is 3.89. The summed E-state index contributed by atoms with van der Waals surface area (Å²) in [5.74, 6) is 0.800. The number of hydrogen-bond donors (Lipinski definition) is 0. The van der Waals surface area contributed by atoms with E-state index in [-0.39, 0.29) is 24.4 Å². The Bertz CT molecular complexity index is 831. The third-order valence-electron chi connectivity index (χ3n) is 5.32. The van der Waals surface area contributed by atoms with Crippen LogP contribution in [0.1, 0.15) is 22.7 Å². The van der Waals surface area contributed by atoms with Crippen molar-refractivity contribution in [1.82, 2.24) is 9.80 Å². The highest BCUT2D eigenvalue weighted by atomic mass is 16.5. The number of methoxy groups -OCH3 is 1. The van der Waals surface area contributed by atoms with Gasteiger partial charge in [-0.1, -0.05) is 36.4 Å². The van der Waals surface area contributed by atoms with Crippen LogP contribution in [-0.2, 0) is 22.4 Å². The number of rotatable bonds is 3. The first-order chi connectivity index (χ1) is 12.7. The van der Waals surface area contributed by atoms with Gasteiger partial charge in [-0.15, -0.1) is 0 Å². The SMILES string of the molecule is COc1ccc(CC(=O)N2CC(=O)N3CCc4ccccc4C3C2)cc1. The molecule has 1 fully saturated rings. The second kappa shape index (κ2) is 6.83. The summed E-state index contributed by atoms with van der Waals surface area (Å²) in [5, 5.41) is 0. The summed E-state index contributed by atoms with van der Waals surface area (Å²) in [6.07, 6.45) is 1.18. The van der Waals surface area contributed by atoms with Gasteiger partial charge < -0.3 is 14.5 Å². The summed E-state index contributed by atoms with van der Waals surface area (Å²) >= 11 is 0. The van der Waals surface area contributed by atoms with Crippen molar-refractivity contribution < 1.29 is 14.3 Å². The topological polar surface area (TPSA) is 49.9 Å². The highest BCUT2D eigenvalue weighted by molar-refractivity contribution is 5.87. The maximum atomic E-state index is 12.8. The third kappa shape index (κ3) is 3.05. The summed E-state index contributed by atoms with van der Waals surface area (Å²) in [7, 11) is 1.62. The predicted octanol–water partition coefficient (Wildman–Crippen LogP) is 2.21. The minimum absolute atomic E-state index is 0.00813. The second-order valence-electron chi connectivity index (χ2n) is 6.85. The van der Waals surface area contributed by atoms with Crippen LogP contribution in [0.5, 0.6) is 5.75 Å². The fraction of sp³-hybridized carbons (Fsp3) is 0.333. The molecule has 1 atom stereocenters. The van der Waals surface area contributed by atoms with Gasteiger partial charge >= 0.3 is 0 Å². The average Bonchev–Trinajstić information content (AvgIpc) is 2.68. The van der Waals surface area contributed by atoms with E-state index in [2.05, 4.69) is 12.1 Å². The number of hydrogen-bond acceptors (Lipinski definition) is 3. The molecular formula is C21H22N2O3. The number of carbonyl (C=O) groups excluding carboxylic acids is 2. The van der Waals surface area contributed by atoms with Crippen molar-refractivity contribution in [3.05, 3.63) is 65.2 Å². The van der Waals surface area contributed by atoms with Gasteiger partial charge in [0.2, 0.25) is 11.8 Å². The molecule has 4 rings (SSSR count). The molecule has 2 heterocycles. The molecule has 0 aromatic heterocycles. The van der Waals surface area contributed by atoms with Crippen LogP contribution in [-0.4, -0.2) is 48.4 Å². The van der Waals surface area contributed by atoms with Crippen molar-refractivity contribution >= 4 is 11.8 Å². The van der Waals surface area contributed by atoms with Gasteiger partial charge in [0.15, 0.2) is 0 Å². The van der Waals surface area contributed by atoms with E-state index in [1.54, 1.807) is 12.0 Å². The van der Waals surface area contributed by atoms with Gasteiger partial charge in [-0.3, -0.25) is 9.59 Å². The standard InChI is InChI=1S/C21H22N2O3/c1-26-17-8-6-15(7-9-17)12-20(24)22-13-19-18-5-3-2-4-16(18)10-11-23(19)21(25)14-22/h2-9,19H,10-14H2,1H3. The zero-order valence-electron chi connectivity index (χ0n) is 14.9. The highest BCUT2D eigenvalue weighted by Gasteiger charge is 2.38. The van der Waals surface area contributed by atoms with Crippen LogP contribution in [0.25, 0.3) is 0 Å². The van der Waals surface area contributed by atoms with Gasteiger partial charge in [-0.2, -0.15) is 0 Å². The van der Waals surface area contributed by atoms with E-state index in [1.165, 1.54) is 11.1 Å². The van der Waals surface area contributed by atoms with E-state index < -0.39 is 0 Å². The Kier molecular flexibility index (Phi) is 4.37. The van der Waals surface area contributed by atoms with Crippen molar-refractivity contribution in [2.24, 2.45) is 0 Å². The molecule has 0 radical (unpaired) electrons. The smallest absolute Gasteiger partial charge is 0.242 e. The molecule has 2 amide bonds. The number of amides is 2. The van der Waals surface area contributed by atoms with Crippen LogP contribution >= 0.6 is 0 Å². The molecule has 0 spiro atoms. The highest BCUT2D eigenvalue weighted by Crippen LogP contribution is 2.33. The van der Waals surface area contributed by atoms with E-state index in [0.29, 0.717) is 13.0 Å². The summed E-state index contributed by atoms with van der Waals surface area (Å²) < 4.78 is 5.15. The van der Waals surface area contributed by atoms with Gasteiger partial charge in [0.1, 0.15) is 5.75 Å². The largest absolute Gasteiger partial charge is 0.497 e. The lowest BCUT2D eigenvalue weighted by molar-refractivity contribution is -0.149. The van der Waals surface area contributed by atoms with Gasteiger partial charge in [0.05, 0.1) is 26.1 Å². The molecule has 2 aliphatic heterocycles. The van der Waals surface area contributed by atoms with Crippen LogP contribution in [0.15, 0.2) is 48.5 Å². The maximum Gasteiger partial charge on any atom is 0.242 e. The monoisotopic (exact) mass is 350 g/mol. The lowest BCUT2D eigenvalue weighted by Gasteiger charge is -2.44. The fourth-order valence-electron chi connectivity index (χ4n) is 3.89. The molecule has 0 aliphatic carbocycles. The average molecular weight is 350 g/mol. The molecule has 5 heteroatoms. The minimum Gasteiger partial charge on any atom is -0.497 e. The summed E-state index contributed by atoms with van der Waals surface area (Å²) in [5.41, 5.74) is 3.38. The summed E-state index contributed by atoms with van der Waals surface area (Å²) in [6.45, 7) is 1.48. The lowest BCUT2D eigenvalue weighted by atomic mass is 9.90. The Balaban J connectivity index is 1.51. The Labute approximate surface area is 153 Å². The maximum absolute atomic E-state index is 12.8. The molecule has 134 valence electrons. The third-order valence-corrected chi connectivity index (χ3v) is 5.32. The first-order valence-corrected chi connectivity index (χ1v) is 8.93. The number of fused-ring (bicyclic) bond motifs is 3. The first-order valence-electron chi connectivity index (χ1n) is 8.93. The molecule has 2 aliphatic rings. The molecule has 0 N–H and O–H groups in total. The van der Waals surface area contributed by atoms with E-state index in [0.717, 1.165) is 24.3 Å². The number of ether oxygens (including phenoxy) is 1. The Hall–Kier alpha value is -2.82. The quantitative estimate of drug-likeness (QED) is 0.853. The number of nitrogens with zero attached hydrogens (tertiary/aromatic N) is 2. The van der Waals surface area contributed by atoms with Gasteiger partial charge in [0, 0.05) is 13.1 Å².